The molecule has 0 fully saturated rings. The monoisotopic (exact) mass is 236 g/mol. The van der Waals surface area contributed by atoms with Crippen LogP contribution in [0.1, 0.15) is 5.56 Å². The van der Waals surface area contributed by atoms with Crippen molar-refractivity contribution in [3.63, 3.8) is 0 Å². The smallest absolute Gasteiger partial charge is 0.221 e. The van der Waals surface area contributed by atoms with Gasteiger partial charge in [-0.3, -0.25) is 0 Å². The zero-order chi connectivity index (χ0) is 12.4. The zero-order valence-corrected chi connectivity index (χ0v) is 9.08. The van der Waals surface area contributed by atoms with E-state index in [9.17, 15) is 8.78 Å². The first kappa shape index (κ1) is 11.3. The summed E-state index contributed by atoms with van der Waals surface area (Å²) in [5.74, 6) is -1.38. The third-order valence-electron chi connectivity index (χ3n) is 2.23. The van der Waals surface area contributed by atoms with Gasteiger partial charge >= 0.3 is 0 Å². The number of hydrogen-bond donors (Lipinski definition) is 1. The molecule has 3 nitrogen and oxygen atoms in total. The number of pyridine rings is 1. The van der Waals surface area contributed by atoms with Gasteiger partial charge in [-0.1, -0.05) is 0 Å². The first-order valence-electron chi connectivity index (χ1n) is 4.91. The van der Waals surface area contributed by atoms with Crippen LogP contribution in [0.4, 0.5) is 14.5 Å². The van der Waals surface area contributed by atoms with Crippen molar-refractivity contribution in [2.24, 2.45) is 0 Å². The molecular weight excluding hydrogens is 226 g/mol. The Hall–Kier alpha value is -2.17. The first-order chi connectivity index (χ1) is 8.06. The van der Waals surface area contributed by atoms with E-state index in [1.807, 2.05) is 0 Å². The quantitative estimate of drug-likeness (QED) is 0.871. The summed E-state index contributed by atoms with van der Waals surface area (Å²) in [5, 5.41) is 0. The molecule has 0 aliphatic heterocycles. The van der Waals surface area contributed by atoms with E-state index < -0.39 is 11.6 Å². The van der Waals surface area contributed by atoms with Crippen LogP contribution in [0.5, 0.6) is 11.6 Å². The number of aromatic nitrogens is 1. The fraction of sp³-hybridized carbons (Fsp3) is 0.0833. The van der Waals surface area contributed by atoms with Crippen molar-refractivity contribution >= 4 is 5.69 Å². The average molecular weight is 236 g/mol. The van der Waals surface area contributed by atoms with Crippen molar-refractivity contribution in [3.05, 3.63) is 47.7 Å². The molecule has 0 atom stereocenters. The lowest BCUT2D eigenvalue weighted by Gasteiger charge is -2.07. The molecule has 0 unspecified atom stereocenters. The summed E-state index contributed by atoms with van der Waals surface area (Å²) < 4.78 is 31.1. The second-order valence-electron chi connectivity index (χ2n) is 3.56. The van der Waals surface area contributed by atoms with Gasteiger partial charge in [-0.2, -0.15) is 0 Å². The molecule has 2 N–H and O–H groups in total. The van der Waals surface area contributed by atoms with Crippen molar-refractivity contribution in [2.75, 3.05) is 5.73 Å². The molecule has 2 rings (SSSR count). The number of halogens is 2. The molecule has 2 aromatic rings. The van der Waals surface area contributed by atoms with Gasteiger partial charge in [0.2, 0.25) is 5.88 Å². The minimum atomic E-state index is -0.786. The molecule has 0 spiro atoms. The third-order valence-corrected chi connectivity index (χ3v) is 2.23. The van der Waals surface area contributed by atoms with E-state index in [-0.39, 0.29) is 11.6 Å². The maximum absolute atomic E-state index is 13.3. The number of rotatable bonds is 2. The lowest BCUT2D eigenvalue weighted by Crippen LogP contribution is -1.95. The van der Waals surface area contributed by atoms with Crippen LogP contribution in [-0.2, 0) is 0 Å². The Labute approximate surface area is 96.9 Å². The van der Waals surface area contributed by atoms with Crippen LogP contribution in [0.15, 0.2) is 30.5 Å². The Morgan fingerprint density at radius 1 is 1.24 bits per heavy atom. The van der Waals surface area contributed by atoms with Crippen LogP contribution >= 0.6 is 0 Å². The summed E-state index contributed by atoms with van der Waals surface area (Å²) in [6.07, 6.45) is 1.52. The van der Waals surface area contributed by atoms with Gasteiger partial charge in [0.15, 0.2) is 11.6 Å². The van der Waals surface area contributed by atoms with Crippen LogP contribution in [0.3, 0.4) is 0 Å². The van der Waals surface area contributed by atoms with Crippen LogP contribution < -0.4 is 10.5 Å². The second kappa shape index (κ2) is 4.37. The minimum absolute atomic E-state index is 0.0952. The third kappa shape index (κ3) is 2.50. The molecule has 1 aromatic heterocycles. The molecule has 0 amide bonds. The van der Waals surface area contributed by atoms with Gasteiger partial charge in [0, 0.05) is 24.0 Å². The highest BCUT2D eigenvalue weighted by atomic mass is 19.1. The Morgan fingerprint density at radius 3 is 2.65 bits per heavy atom. The van der Waals surface area contributed by atoms with E-state index in [4.69, 9.17) is 10.5 Å². The van der Waals surface area contributed by atoms with Gasteiger partial charge < -0.3 is 10.5 Å². The number of anilines is 1. The lowest BCUT2D eigenvalue weighted by molar-refractivity contribution is 0.424. The zero-order valence-electron chi connectivity index (χ0n) is 9.08. The predicted octanol–water partition coefficient (Wildman–Crippen LogP) is 3.04. The maximum atomic E-state index is 13.3. The van der Waals surface area contributed by atoms with Crippen molar-refractivity contribution in [1.29, 1.82) is 0 Å². The molecule has 1 aromatic carbocycles. The molecule has 0 radical (unpaired) electrons. The van der Waals surface area contributed by atoms with Gasteiger partial charge in [0.05, 0.1) is 0 Å². The topological polar surface area (TPSA) is 48.1 Å². The molecule has 88 valence electrons. The maximum Gasteiger partial charge on any atom is 0.221 e. The van der Waals surface area contributed by atoms with Crippen LogP contribution in [0, 0.1) is 18.6 Å². The van der Waals surface area contributed by atoms with Crippen molar-refractivity contribution in [3.8, 4) is 11.6 Å². The highest BCUT2D eigenvalue weighted by Crippen LogP contribution is 2.25. The highest BCUT2D eigenvalue weighted by Gasteiger charge is 2.07. The summed E-state index contributed by atoms with van der Waals surface area (Å²) in [7, 11) is 0. The van der Waals surface area contributed by atoms with Gasteiger partial charge in [-0.25, -0.2) is 13.8 Å². The van der Waals surface area contributed by atoms with Crippen LogP contribution in [0.2, 0.25) is 0 Å². The van der Waals surface area contributed by atoms with Crippen LogP contribution in [0.25, 0.3) is 0 Å². The van der Waals surface area contributed by atoms with Crippen molar-refractivity contribution in [1.82, 2.24) is 4.98 Å². The number of hydrogen-bond acceptors (Lipinski definition) is 3. The molecule has 1 heterocycles. The molecule has 0 aliphatic carbocycles. The highest BCUT2D eigenvalue weighted by molar-refractivity contribution is 5.47. The molecule has 5 heteroatoms. The minimum Gasteiger partial charge on any atom is -0.436 e. The number of nitrogens with two attached hydrogens (primary N) is 1. The number of aryl methyl sites for hydroxylation is 1. The summed E-state index contributed by atoms with van der Waals surface area (Å²) in [4.78, 5) is 3.94. The second-order valence-corrected chi connectivity index (χ2v) is 3.56. The standard InChI is InChI=1S/C12H10F2N2O/c1-7-6-16-12(5-10(7)15)17-11-3-2-8(13)4-9(11)14/h2-6H,1H3,(H2,15,16). The Balaban J connectivity index is 2.28. The molecule has 0 aliphatic rings. The van der Waals surface area contributed by atoms with Crippen molar-refractivity contribution in [2.45, 2.75) is 6.92 Å². The largest absolute Gasteiger partial charge is 0.436 e. The van der Waals surface area contributed by atoms with E-state index in [0.717, 1.165) is 17.7 Å². The lowest BCUT2D eigenvalue weighted by atomic mass is 10.3. The fourth-order valence-electron chi connectivity index (χ4n) is 1.25. The SMILES string of the molecule is Cc1cnc(Oc2ccc(F)cc2F)cc1N. The van der Waals surface area contributed by atoms with Gasteiger partial charge in [-0.05, 0) is 24.6 Å². The fourth-order valence-corrected chi connectivity index (χ4v) is 1.25. The molecule has 0 bridgehead atoms. The van der Waals surface area contributed by atoms with Gasteiger partial charge in [0.1, 0.15) is 5.82 Å². The number of ether oxygens (including phenoxy) is 1. The molecule has 17 heavy (non-hydrogen) atoms. The van der Waals surface area contributed by atoms with Crippen molar-refractivity contribution < 1.29 is 13.5 Å². The van der Waals surface area contributed by atoms with E-state index in [1.54, 1.807) is 6.92 Å². The predicted molar refractivity (Wildman–Crippen MR) is 59.8 cm³/mol. The summed E-state index contributed by atoms with van der Waals surface area (Å²) in [6.45, 7) is 1.80. The average Bonchev–Trinajstić information content (AvgIpc) is 2.27. The van der Waals surface area contributed by atoms with E-state index in [2.05, 4.69) is 4.98 Å². The summed E-state index contributed by atoms with van der Waals surface area (Å²) >= 11 is 0. The molecule has 0 saturated heterocycles. The summed E-state index contributed by atoms with van der Waals surface area (Å²) in [5.41, 5.74) is 6.96. The molecule has 0 saturated carbocycles. The summed E-state index contributed by atoms with van der Waals surface area (Å²) in [6, 6.07) is 4.53. The normalized spacial score (nSPS) is 10.3. The molecular formula is C12H10F2N2O. The van der Waals surface area contributed by atoms with Gasteiger partial charge in [0.25, 0.3) is 0 Å². The first-order valence-corrected chi connectivity index (χ1v) is 4.91. The Kier molecular flexibility index (Phi) is 2.91. The van der Waals surface area contributed by atoms with Crippen LogP contribution in [-0.4, -0.2) is 4.98 Å². The number of nitrogen functional groups attached to an aromatic ring is 1. The van der Waals surface area contributed by atoms with E-state index in [1.165, 1.54) is 18.3 Å². The Bertz CT molecular complexity index is 558. The number of benzene rings is 1. The van der Waals surface area contributed by atoms with E-state index in [0.29, 0.717) is 5.69 Å². The van der Waals surface area contributed by atoms with Gasteiger partial charge in [-0.15, -0.1) is 0 Å². The number of nitrogens with zero attached hydrogens (tertiary/aromatic N) is 1. The Morgan fingerprint density at radius 2 is 2.00 bits per heavy atom. The van der Waals surface area contributed by atoms with E-state index >= 15 is 0 Å².